The molecule has 0 aromatic heterocycles. The average Bonchev–Trinajstić information content (AvgIpc) is 3.21. The van der Waals surface area contributed by atoms with E-state index in [1.165, 1.54) is 12.8 Å². The van der Waals surface area contributed by atoms with Crippen molar-refractivity contribution in [2.24, 2.45) is 5.92 Å². The summed E-state index contributed by atoms with van der Waals surface area (Å²) in [6, 6.07) is 8.13. The maximum atomic E-state index is 8.71. The first-order valence-electron chi connectivity index (χ1n) is 6.96. The van der Waals surface area contributed by atoms with Crippen LogP contribution < -0.4 is 10.1 Å². The van der Waals surface area contributed by atoms with Crippen LogP contribution in [0, 0.1) is 5.92 Å². The number of aliphatic hydroxyl groups excluding tert-OH is 1. The minimum atomic E-state index is 0.293. The maximum absolute atomic E-state index is 8.71. The van der Waals surface area contributed by atoms with Gasteiger partial charge in [-0.25, -0.2) is 0 Å². The lowest BCUT2D eigenvalue weighted by Gasteiger charge is -2.12. The highest BCUT2D eigenvalue weighted by molar-refractivity contribution is 5.56. The largest absolute Gasteiger partial charge is 0.491 e. The van der Waals surface area contributed by atoms with Gasteiger partial charge in [-0.05, 0) is 50.2 Å². The molecular formula is C15H23NO2. The lowest BCUT2D eigenvalue weighted by Crippen LogP contribution is -2.06. The Labute approximate surface area is 109 Å². The van der Waals surface area contributed by atoms with Crippen LogP contribution in [0.3, 0.4) is 0 Å². The van der Waals surface area contributed by atoms with Gasteiger partial charge in [-0.2, -0.15) is 0 Å². The number of unbranched alkanes of at least 4 members (excludes halogenated alkanes) is 2. The minimum Gasteiger partial charge on any atom is -0.491 e. The van der Waals surface area contributed by atoms with E-state index in [-0.39, 0.29) is 0 Å². The van der Waals surface area contributed by atoms with Crippen LogP contribution in [0.25, 0.3) is 0 Å². The summed E-state index contributed by atoms with van der Waals surface area (Å²) in [6.45, 7) is 2.08. The number of hydrogen-bond acceptors (Lipinski definition) is 3. The van der Waals surface area contributed by atoms with Gasteiger partial charge in [-0.1, -0.05) is 12.1 Å². The van der Waals surface area contributed by atoms with Crippen LogP contribution in [0.4, 0.5) is 5.69 Å². The zero-order valence-corrected chi connectivity index (χ0v) is 10.9. The van der Waals surface area contributed by atoms with Crippen LogP contribution in [0.1, 0.15) is 32.1 Å². The monoisotopic (exact) mass is 249 g/mol. The van der Waals surface area contributed by atoms with Gasteiger partial charge in [0.1, 0.15) is 5.75 Å². The van der Waals surface area contributed by atoms with Crippen molar-refractivity contribution in [2.75, 3.05) is 25.1 Å². The van der Waals surface area contributed by atoms with E-state index >= 15 is 0 Å². The summed E-state index contributed by atoms with van der Waals surface area (Å²) in [6.07, 6.45) is 5.67. The molecule has 18 heavy (non-hydrogen) atoms. The van der Waals surface area contributed by atoms with Crippen LogP contribution in [-0.4, -0.2) is 24.9 Å². The number of nitrogens with one attached hydrogen (secondary N) is 1. The van der Waals surface area contributed by atoms with Crippen LogP contribution in [-0.2, 0) is 0 Å². The van der Waals surface area contributed by atoms with Crippen molar-refractivity contribution in [2.45, 2.75) is 32.1 Å². The minimum absolute atomic E-state index is 0.293. The van der Waals surface area contributed by atoms with E-state index in [4.69, 9.17) is 9.84 Å². The highest BCUT2D eigenvalue weighted by Gasteiger charge is 2.22. The van der Waals surface area contributed by atoms with Crippen molar-refractivity contribution < 1.29 is 9.84 Å². The molecule has 1 aromatic rings. The first-order chi connectivity index (χ1) is 8.90. The van der Waals surface area contributed by atoms with Crippen LogP contribution >= 0.6 is 0 Å². The van der Waals surface area contributed by atoms with Gasteiger partial charge in [-0.15, -0.1) is 0 Å². The van der Waals surface area contributed by atoms with Crippen LogP contribution in [0.2, 0.25) is 0 Å². The Balaban J connectivity index is 1.74. The van der Waals surface area contributed by atoms with E-state index in [1.807, 2.05) is 18.2 Å². The molecule has 0 unspecified atom stereocenters. The fraction of sp³-hybridized carbons (Fsp3) is 0.600. The maximum Gasteiger partial charge on any atom is 0.142 e. The van der Waals surface area contributed by atoms with E-state index < -0.39 is 0 Å². The number of rotatable bonds is 9. The molecule has 0 heterocycles. The summed E-state index contributed by atoms with van der Waals surface area (Å²) < 4.78 is 5.84. The second kappa shape index (κ2) is 7.27. The van der Waals surface area contributed by atoms with Crippen molar-refractivity contribution in [1.29, 1.82) is 0 Å². The van der Waals surface area contributed by atoms with Crippen molar-refractivity contribution >= 4 is 5.69 Å². The molecule has 1 aliphatic rings. The smallest absolute Gasteiger partial charge is 0.142 e. The Morgan fingerprint density at radius 3 is 2.78 bits per heavy atom. The van der Waals surface area contributed by atoms with Gasteiger partial charge in [0.15, 0.2) is 0 Å². The van der Waals surface area contributed by atoms with E-state index in [9.17, 15) is 0 Å². The molecule has 3 nitrogen and oxygen atoms in total. The van der Waals surface area contributed by atoms with Gasteiger partial charge in [0.05, 0.1) is 12.3 Å². The van der Waals surface area contributed by atoms with Crippen LogP contribution in [0.15, 0.2) is 24.3 Å². The summed E-state index contributed by atoms with van der Waals surface area (Å²) in [4.78, 5) is 0. The summed E-state index contributed by atoms with van der Waals surface area (Å²) in [5.74, 6) is 1.74. The third-order valence-electron chi connectivity index (χ3n) is 3.21. The molecule has 0 atom stereocenters. The first-order valence-corrected chi connectivity index (χ1v) is 6.96. The molecule has 0 amide bonds. The predicted molar refractivity (Wildman–Crippen MR) is 74.1 cm³/mol. The molecule has 100 valence electrons. The number of benzene rings is 1. The fourth-order valence-electron chi connectivity index (χ4n) is 1.87. The second-order valence-electron chi connectivity index (χ2n) is 4.96. The normalized spacial score (nSPS) is 14.5. The third kappa shape index (κ3) is 4.57. The standard InChI is InChI=1S/C15H23NO2/c17-11-5-1-4-10-16-14-6-2-3-7-15(14)18-12-13-8-9-13/h2-3,6-7,13,16-17H,1,4-5,8-12H2. The lowest BCUT2D eigenvalue weighted by molar-refractivity contribution is 0.283. The number of aliphatic hydroxyl groups is 1. The van der Waals surface area contributed by atoms with E-state index in [1.54, 1.807) is 0 Å². The molecule has 1 fully saturated rings. The third-order valence-corrected chi connectivity index (χ3v) is 3.21. The SMILES string of the molecule is OCCCCCNc1ccccc1OCC1CC1. The van der Waals surface area contributed by atoms with Crippen molar-refractivity contribution in [1.82, 2.24) is 0 Å². The average molecular weight is 249 g/mol. The Kier molecular flexibility index (Phi) is 5.34. The van der Waals surface area contributed by atoms with Gasteiger partial charge in [0.2, 0.25) is 0 Å². The summed E-state index contributed by atoms with van der Waals surface area (Å²) in [5.41, 5.74) is 1.09. The summed E-state index contributed by atoms with van der Waals surface area (Å²) >= 11 is 0. The van der Waals surface area contributed by atoms with E-state index in [2.05, 4.69) is 11.4 Å². The molecule has 2 N–H and O–H groups in total. The first kappa shape index (κ1) is 13.2. The molecule has 0 aliphatic heterocycles. The molecular weight excluding hydrogens is 226 g/mol. The van der Waals surface area contributed by atoms with Gasteiger partial charge < -0.3 is 15.2 Å². The molecule has 0 bridgehead atoms. The number of para-hydroxylation sites is 2. The fourth-order valence-corrected chi connectivity index (χ4v) is 1.87. The van der Waals surface area contributed by atoms with Crippen molar-refractivity contribution in [3.05, 3.63) is 24.3 Å². The Bertz CT molecular complexity index is 350. The summed E-state index contributed by atoms with van der Waals surface area (Å²) in [5, 5.41) is 12.1. The molecule has 2 rings (SSSR count). The Hall–Kier alpha value is -1.22. The number of anilines is 1. The van der Waals surface area contributed by atoms with Gasteiger partial charge in [0.25, 0.3) is 0 Å². The van der Waals surface area contributed by atoms with Gasteiger partial charge in [0, 0.05) is 13.2 Å². The highest BCUT2D eigenvalue weighted by Crippen LogP contribution is 2.31. The van der Waals surface area contributed by atoms with Gasteiger partial charge >= 0.3 is 0 Å². The molecule has 0 spiro atoms. The quantitative estimate of drug-likeness (QED) is 0.661. The molecule has 0 radical (unpaired) electrons. The van der Waals surface area contributed by atoms with Crippen LogP contribution in [0.5, 0.6) is 5.75 Å². The molecule has 1 saturated carbocycles. The van der Waals surface area contributed by atoms with E-state index in [0.29, 0.717) is 6.61 Å². The Morgan fingerprint density at radius 1 is 1.17 bits per heavy atom. The van der Waals surface area contributed by atoms with Gasteiger partial charge in [-0.3, -0.25) is 0 Å². The summed E-state index contributed by atoms with van der Waals surface area (Å²) in [7, 11) is 0. The molecule has 1 aliphatic carbocycles. The predicted octanol–water partition coefficient (Wildman–Crippen LogP) is 3.05. The van der Waals surface area contributed by atoms with Crippen molar-refractivity contribution in [3.8, 4) is 5.75 Å². The topological polar surface area (TPSA) is 41.5 Å². The van der Waals surface area contributed by atoms with E-state index in [0.717, 1.165) is 49.8 Å². The zero-order chi connectivity index (χ0) is 12.6. The number of hydrogen-bond donors (Lipinski definition) is 2. The zero-order valence-electron chi connectivity index (χ0n) is 10.9. The second-order valence-corrected chi connectivity index (χ2v) is 4.96. The Morgan fingerprint density at radius 2 is 2.00 bits per heavy atom. The molecule has 1 aromatic carbocycles. The highest BCUT2D eigenvalue weighted by atomic mass is 16.5. The lowest BCUT2D eigenvalue weighted by atomic mass is 10.2. The molecule has 3 heteroatoms. The number of ether oxygens (including phenoxy) is 1. The van der Waals surface area contributed by atoms with Crippen molar-refractivity contribution in [3.63, 3.8) is 0 Å². The molecule has 0 saturated heterocycles.